The minimum absolute atomic E-state index is 0.305. The van der Waals surface area contributed by atoms with E-state index in [4.69, 9.17) is 0 Å². The van der Waals surface area contributed by atoms with Gasteiger partial charge in [0.1, 0.15) is 0 Å². The van der Waals surface area contributed by atoms with Gasteiger partial charge in [0.15, 0.2) is 0 Å². The van der Waals surface area contributed by atoms with Crippen LogP contribution in [0.5, 0.6) is 0 Å². The predicted molar refractivity (Wildman–Crippen MR) is 61.2 cm³/mol. The van der Waals surface area contributed by atoms with Crippen molar-refractivity contribution < 1.29 is 4.79 Å². The smallest absolute Gasteiger partial charge is 0.222 e. The van der Waals surface area contributed by atoms with Crippen LogP contribution in [0.2, 0.25) is 0 Å². The number of unbranched alkanes of at least 4 members (excludes halogenated alkanes) is 2. The van der Waals surface area contributed by atoms with E-state index < -0.39 is 0 Å². The minimum atomic E-state index is 0.305. The van der Waals surface area contributed by atoms with E-state index in [1.54, 1.807) is 0 Å². The van der Waals surface area contributed by atoms with Crippen LogP contribution < -0.4 is 0 Å². The van der Waals surface area contributed by atoms with Gasteiger partial charge >= 0.3 is 0 Å². The molecule has 0 bridgehead atoms. The van der Waals surface area contributed by atoms with Crippen molar-refractivity contribution in [3.8, 4) is 0 Å². The third kappa shape index (κ3) is 6.93. The van der Waals surface area contributed by atoms with Crippen LogP contribution in [0.4, 0.5) is 0 Å². The Morgan fingerprint density at radius 3 is 2.43 bits per heavy atom. The number of hydrogen-bond acceptors (Lipinski definition) is 1. The lowest BCUT2D eigenvalue weighted by molar-refractivity contribution is -0.130. The molecule has 0 unspecified atom stereocenters. The zero-order valence-corrected chi connectivity index (χ0v) is 10.2. The monoisotopic (exact) mass is 199 g/mol. The summed E-state index contributed by atoms with van der Waals surface area (Å²) in [5, 5.41) is 0. The lowest BCUT2D eigenvalue weighted by Crippen LogP contribution is -2.28. The molecule has 0 radical (unpaired) electrons. The summed E-state index contributed by atoms with van der Waals surface area (Å²) >= 11 is 0. The van der Waals surface area contributed by atoms with Crippen molar-refractivity contribution in [1.29, 1.82) is 0 Å². The zero-order valence-electron chi connectivity index (χ0n) is 10.2. The molecular weight excluding hydrogens is 174 g/mol. The fraction of sp³-hybridized carbons (Fsp3) is 0.917. The average Bonchev–Trinajstić information content (AvgIpc) is 2.14. The van der Waals surface area contributed by atoms with Crippen LogP contribution in [-0.4, -0.2) is 24.4 Å². The highest BCUT2D eigenvalue weighted by Gasteiger charge is 2.07. The highest BCUT2D eigenvalue weighted by molar-refractivity contribution is 5.75. The standard InChI is InChI=1S/C12H25NO/c1-5-6-7-8-12(14)13(4)10-9-11(2)3/h11H,5-10H2,1-4H3. The maximum Gasteiger partial charge on any atom is 0.222 e. The van der Waals surface area contributed by atoms with Crippen LogP contribution in [0.15, 0.2) is 0 Å². The summed E-state index contributed by atoms with van der Waals surface area (Å²) in [6.45, 7) is 7.44. The largest absolute Gasteiger partial charge is 0.346 e. The molecule has 0 saturated heterocycles. The summed E-state index contributed by atoms with van der Waals surface area (Å²) in [6, 6.07) is 0. The van der Waals surface area contributed by atoms with Crippen LogP contribution in [-0.2, 0) is 4.79 Å². The molecule has 0 aromatic heterocycles. The maximum atomic E-state index is 11.6. The zero-order chi connectivity index (χ0) is 11.0. The van der Waals surface area contributed by atoms with Gasteiger partial charge in [-0.05, 0) is 18.8 Å². The number of rotatable bonds is 7. The van der Waals surface area contributed by atoms with Gasteiger partial charge in [0.05, 0.1) is 0 Å². The predicted octanol–water partition coefficient (Wildman–Crippen LogP) is 3.07. The first-order valence-electron chi connectivity index (χ1n) is 5.81. The normalized spacial score (nSPS) is 10.6. The van der Waals surface area contributed by atoms with Gasteiger partial charge in [-0.3, -0.25) is 4.79 Å². The Morgan fingerprint density at radius 2 is 1.93 bits per heavy atom. The molecule has 0 saturated carbocycles. The van der Waals surface area contributed by atoms with Crippen molar-refractivity contribution in [3.63, 3.8) is 0 Å². The number of carbonyl (C=O) groups excluding carboxylic acids is 1. The van der Waals surface area contributed by atoms with Crippen molar-refractivity contribution in [2.45, 2.75) is 52.9 Å². The van der Waals surface area contributed by atoms with Gasteiger partial charge in [0.2, 0.25) is 5.91 Å². The minimum Gasteiger partial charge on any atom is -0.346 e. The third-order valence-corrected chi connectivity index (χ3v) is 2.46. The number of amides is 1. The van der Waals surface area contributed by atoms with E-state index in [0.717, 1.165) is 25.8 Å². The third-order valence-electron chi connectivity index (χ3n) is 2.46. The Morgan fingerprint density at radius 1 is 1.29 bits per heavy atom. The van der Waals surface area contributed by atoms with Gasteiger partial charge in [-0.15, -0.1) is 0 Å². The van der Waals surface area contributed by atoms with Gasteiger partial charge in [-0.25, -0.2) is 0 Å². The van der Waals surface area contributed by atoms with Crippen molar-refractivity contribution in [2.75, 3.05) is 13.6 Å². The summed E-state index contributed by atoms with van der Waals surface area (Å²) in [5.41, 5.74) is 0. The topological polar surface area (TPSA) is 20.3 Å². The first-order chi connectivity index (χ1) is 6.57. The van der Waals surface area contributed by atoms with Crippen LogP contribution in [0.25, 0.3) is 0 Å². The van der Waals surface area contributed by atoms with Crippen molar-refractivity contribution in [3.05, 3.63) is 0 Å². The molecule has 0 aliphatic heterocycles. The highest BCUT2D eigenvalue weighted by atomic mass is 16.2. The maximum absolute atomic E-state index is 11.6. The lowest BCUT2D eigenvalue weighted by atomic mass is 10.1. The first-order valence-corrected chi connectivity index (χ1v) is 5.81. The molecule has 14 heavy (non-hydrogen) atoms. The lowest BCUT2D eigenvalue weighted by Gasteiger charge is -2.18. The van der Waals surface area contributed by atoms with Crippen molar-refractivity contribution in [2.24, 2.45) is 5.92 Å². The van der Waals surface area contributed by atoms with E-state index in [0.29, 0.717) is 11.8 Å². The molecule has 0 spiro atoms. The molecule has 0 fully saturated rings. The average molecular weight is 199 g/mol. The van der Waals surface area contributed by atoms with Crippen molar-refractivity contribution in [1.82, 2.24) is 4.90 Å². The Labute approximate surface area is 88.7 Å². The van der Waals surface area contributed by atoms with Crippen LogP contribution in [0.3, 0.4) is 0 Å². The van der Waals surface area contributed by atoms with Crippen LogP contribution in [0, 0.1) is 5.92 Å². The highest BCUT2D eigenvalue weighted by Crippen LogP contribution is 2.05. The summed E-state index contributed by atoms with van der Waals surface area (Å²) in [5.74, 6) is 0.986. The molecule has 0 aromatic carbocycles. The fourth-order valence-electron chi connectivity index (χ4n) is 1.29. The van der Waals surface area contributed by atoms with Gasteiger partial charge in [-0.1, -0.05) is 33.6 Å². The molecule has 2 nitrogen and oxygen atoms in total. The molecule has 0 aliphatic rings. The molecule has 0 heterocycles. The fourth-order valence-corrected chi connectivity index (χ4v) is 1.29. The molecule has 0 N–H and O–H groups in total. The van der Waals surface area contributed by atoms with Gasteiger partial charge < -0.3 is 4.90 Å². The van der Waals surface area contributed by atoms with Gasteiger partial charge in [0.25, 0.3) is 0 Å². The molecule has 2 heteroatoms. The quantitative estimate of drug-likeness (QED) is 0.577. The summed E-state index contributed by atoms with van der Waals surface area (Å²) in [4.78, 5) is 13.4. The molecule has 0 aromatic rings. The van der Waals surface area contributed by atoms with E-state index in [1.165, 1.54) is 12.8 Å². The first kappa shape index (κ1) is 13.5. The SMILES string of the molecule is CCCCCC(=O)N(C)CCC(C)C. The summed E-state index contributed by atoms with van der Waals surface area (Å²) < 4.78 is 0. The van der Waals surface area contributed by atoms with E-state index in [-0.39, 0.29) is 0 Å². The van der Waals surface area contributed by atoms with Crippen LogP contribution in [0.1, 0.15) is 52.9 Å². The van der Waals surface area contributed by atoms with Gasteiger partial charge in [0, 0.05) is 20.0 Å². The number of hydrogen-bond donors (Lipinski definition) is 0. The van der Waals surface area contributed by atoms with Crippen molar-refractivity contribution >= 4 is 5.91 Å². The second-order valence-corrected chi connectivity index (χ2v) is 4.45. The van der Waals surface area contributed by atoms with E-state index in [9.17, 15) is 4.79 Å². The Kier molecular flexibility index (Phi) is 7.54. The second-order valence-electron chi connectivity index (χ2n) is 4.45. The van der Waals surface area contributed by atoms with Crippen LogP contribution >= 0.6 is 0 Å². The molecule has 0 rings (SSSR count). The summed E-state index contributed by atoms with van der Waals surface area (Å²) in [7, 11) is 1.91. The van der Waals surface area contributed by atoms with E-state index >= 15 is 0 Å². The molecule has 1 amide bonds. The Balaban J connectivity index is 3.54. The molecule has 84 valence electrons. The molecular formula is C12H25NO. The van der Waals surface area contributed by atoms with Gasteiger partial charge in [-0.2, -0.15) is 0 Å². The van der Waals surface area contributed by atoms with E-state index in [2.05, 4.69) is 20.8 Å². The second kappa shape index (κ2) is 7.84. The number of nitrogens with zero attached hydrogens (tertiary/aromatic N) is 1. The van der Waals surface area contributed by atoms with E-state index in [1.807, 2.05) is 11.9 Å². The summed E-state index contributed by atoms with van der Waals surface area (Å²) in [6.07, 6.45) is 5.23. The Bertz CT molecular complexity index is 154. The number of carbonyl (C=O) groups is 1. The molecule has 0 aliphatic carbocycles. The molecule has 0 atom stereocenters. The Hall–Kier alpha value is -0.530.